The first kappa shape index (κ1) is 23.3. The minimum atomic E-state index is -0.0578. The predicted molar refractivity (Wildman–Crippen MR) is 134 cm³/mol. The molecule has 2 aliphatic rings. The van der Waals surface area contributed by atoms with Gasteiger partial charge in [-0.2, -0.15) is 0 Å². The van der Waals surface area contributed by atoms with Crippen LogP contribution in [0.15, 0.2) is 48.2 Å². The van der Waals surface area contributed by atoms with Gasteiger partial charge in [0.05, 0.1) is 18.0 Å². The second-order valence-electron chi connectivity index (χ2n) is 10.5. The number of carbonyl (C=O) groups excluding carboxylic acids is 1. The van der Waals surface area contributed by atoms with Crippen LogP contribution in [-0.2, 0) is 0 Å². The summed E-state index contributed by atoms with van der Waals surface area (Å²) in [5.41, 5.74) is 4.68. The summed E-state index contributed by atoms with van der Waals surface area (Å²) >= 11 is 0. The summed E-state index contributed by atoms with van der Waals surface area (Å²) in [5, 5.41) is 2.96. The minimum Gasteiger partial charge on any atom is -0.490 e. The Balaban J connectivity index is 1.34. The van der Waals surface area contributed by atoms with E-state index >= 15 is 0 Å². The monoisotopic (exact) mass is 447 g/mol. The molecule has 33 heavy (non-hydrogen) atoms. The zero-order chi connectivity index (χ0) is 23.4. The van der Waals surface area contributed by atoms with E-state index in [4.69, 9.17) is 4.74 Å². The molecule has 5 nitrogen and oxygen atoms in total. The molecule has 1 atom stereocenters. The van der Waals surface area contributed by atoms with Crippen LogP contribution in [0.2, 0.25) is 0 Å². The second kappa shape index (κ2) is 9.98. The van der Waals surface area contributed by atoms with Gasteiger partial charge in [0.2, 0.25) is 0 Å². The van der Waals surface area contributed by atoms with Crippen LogP contribution in [0.4, 0.5) is 10.5 Å². The van der Waals surface area contributed by atoms with Crippen LogP contribution in [0.25, 0.3) is 6.08 Å². The molecule has 1 aromatic carbocycles. The number of anilines is 1. The van der Waals surface area contributed by atoms with E-state index in [0.717, 1.165) is 42.9 Å². The van der Waals surface area contributed by atoms with Gasteiger partial charge in [-0.25, -0.2) is 4.79 Å². The van der Waals surface area contributed by atoms with Crippen LogP contribution >= 0.6 is 0 Å². The van der Waals surface area contributed by atoms with Crippen LogP contribution in [-0.4, -0.2) is 35.1 Å². The van der Waals surface area contributed by atoms with Gasteiger partial charge in [0.25, 0.3) is 0 Å². The lowest BCUT2D eigenvalue weighted by Gasteiger charge is -2.34. The topological polar surface area (TPSA) is 54.5 Å². The van der Waals surface area contributed by atoms with E-state index < -0.39 is 0 Å². The SMILES string of the molecule is Cc1ccc(NC(=O)N2CC/C(=C\c3cccc(OC4CCC(C)(C)CC4)c3)C(C)C2)cn1. The third-order valence-electron chi connectivity index (χ3n) is 7.05. The molecule has 1 aromatic heterocycles. The van der Waals surface area contributed by atoms with Gasteiger partial charge in [0.1, 0.15) is 5.75 Å². The third-order valence-corrected chi connectivity index (χ3v) is 7.05. The van der Waals surface area contributed by atoms with Crippen molar-refractivity contribution in [3.63, 3.8) is 0 Å². The number of aromatic nitrogens is 1. The van der Waals surface area contributed by atoms with Gasteiger partial charge in [-0.1, -0.05) is 44.6 Å². The molecule has 1 saturated heterocycles. The number of ether oxygens (including phenoxy) is 1. The number of hydrogen-bond acceptors (Lipinski definition) is 3. The molecule has 0 radical (unpaired) electrons. The predicted octanol–water partition coefficient (Wildman–Crippen LogP) is 6.69. The number of hydrogen-bond donors (Lipinski definition) is 1. The average Bonchev–Trinajstić information content (AvgIpc) is 2.78. The molecule has 5 heteroatoms. The molecule has 0 spiro atoms. The Hall–Kier alpha value is -2.82. The van der Waals surface area contributed by atoms with E-state index in [1.165, 1.54) is 24.0 Å². The molecule has 2 heterocycles. The van der Waals surface area contributed by atoms with E-state index in [1.807, 2.05) is 24.0 Å². The number of urea groups is 1. The number of carbonyl (C=O) groups is 1. The standard InChI is InChI=1S/C28H37N3O2/c1-20-19-31(27(32)30-24-9-8-21(2)29-18-24)15-12-23(20)16-22-6-5-7-26(17-22)33-25-10-13-28(3,4)14-11-25/h5-9,16-18,20,25H,10-15,19H2,1-4H3,(H,30,32)/b23-16+. The van der Waals surface area contributed by atoms with E-state index in [1.54, 1.807) is 6.20 Å². The molecule has 0 bridgehead atoms. The number of likely N-dealkylation sites (tertiary alicyclic amines) is 1. The first-order valence-corrected chi connectivity index (χ1v) is 12.2. The lowest BCUT2D eigenvalue weighted by Crippen LogP contribution is -2.42. The number of amides is 2. The fourth-order valence-corrected chi connectivity index (χ4v) is 4.77. The Morgan fingerprint density at radius 2 is 2.00 bits per heavy atom. The van der Waals surface area contributed by atoms with Crippen LogP contribution in [0.3, 0.4) is 0 Å². The van der Waals surface area contributed by atoms with Crippen molar-refractivity contribution in [1.29, 1.82) is 0 Å². The van der Waals surface area contributed by atoms with Crippen LogP contribution in [0.1, 0.15) is 64.1 Å². The molecule has 1 unspecified atom stereocenters. The van der Waals surface area contributed by atoms with Crippen molar-refractivity contribution in [2.75, 3.05) is 18.4 Å². The van der Waals surface area contributed by atoms with Gasteiger partial charge in [-0.3, -0.25) is 4.98 Å². The second-order valence-corrected chi connectivity index (χ2v) is 10.5. The van der Waals surface area contributed by atoms with Gasteiger partial charge < -0.3 is 15.0 Å². The third kappa shape index (κ3) is 6.37. The summed E-state index contributed by atoms with van der Waals surface area (Å²) in [4.78, 5) is 18.8. The fraction of sp³-hybridized carbons (Fsp3) is 0.500. The van der Waals surface area contributed by atoms with Gasteiger partial charge in [0.15, 0.2) is 0 Å². The van der Waals surface area contributed by atoms with Gasteiger partial charge in [0, 0.05) is 18.8 Å². The molecule has 1 saturated carbocycles. The van der Waals surface area contributed by atoms with Crippen molar-refractivity contribution >= 4 is 17.8 Å². The highest BCUT2D eigenvalue weighted by atomic mass is 16.5. The molecule has 2 fully saturated rings. The summed E-state index contributed by atoms with van der Waals surface area (Å²) < 4.78 is 6.32. The average molecular weight is 448 g/mol. The van der Waals surface area contributed by atoms with Crippen LogP contribution in [0, 0.1) is 18.3 Å². The zero-order valence-corrected chi connectivity index (χ0v) is 20.4. The molecule has 1 N–H and O–H groups in total. The van der Waals surface area contributed by atoms with Crippen molar-refractivity contribution in [3.8, 4) is 5.75 Å². The molecular weight excluding hydrogens is 410 g/mol. The Morgan fingerprint density at radius 3 is 2.70 bits per heavy atom. The molecule has 1 aliphatic carbocycles. The Kier molecular flexibility index (Phi) is 7.06. The number of nitrogens with one attached hydrogen (secondary N) is 1. The Bertz CT molecular complexity index is 986. The highest BCUT2D eigenvalue weighted by Crippen LogP contribution is 2.36. The Morgan fingerprint density at radius 1 is 1.21 bits per heavy atom. The number of benzene rings is 1. The van der Waals surface area contributed by atoms with Crippen molar-refractivity contribution in [2.24, 2.45) is 11.3 Å². The lowest BCUT2D eigenvalue weighted by molar-refractivity contribution is 0.0987. The largest absolute Gasteiger partial charge is 0.490 e. The molecule has 4 rings (SSSR count). The van der Waals surface area contributed by atoms with Crippen molar-refractivity contribution in [2.45, 2.75) is 65.9 Å². The molecule has 1 aliphatic heterocycles. The van der Waals surface area contributed by atoms with Gasteiger partial charge in [-0.05, 0) is 80.2 Å². The zero-order valence-electron chi connectivity index (χ0n) is 20.4. The summed E-state index contributed by atoms with van der Waals surface area (Å²) in [6.45, 7) is 10.3. The number of pyridine rings is 1. The van der Waals surface area contributed by atoms with E-state index in [0.29, 0.717) is 24.0 Å². The maximum atomic E-state index is 12.7. The van der Waals surface area contributed by atoms with Gasteiger partial charge >= 0.3 is 6.03 Å². The van der Waals surface area contributed by atoms with Crippen molar-refractivity contribution < 1.29 is 9.53 Å². The summed E-state index contributed by atoms with van der Waals surface area (Å²) in [7, 11) is 0. The number of aryl methyl sites for hydroxylation is 1. The maximum absolute atomic E-state index is 12.7. The molecule has 2 amide bonds. The lowest BCUT2D eigenvalue weighted by atomic mass is 9.76. The molecular formula is C28H37N3O2. The smallest absolute Gasteiger partial charge is 0.321 e. The van der Waals surface area contributed by atoms with E-state index in [9.17, 15) is 4.79 Å². The quantitative estimate of drug-likeness (QED) is 0.568. The van der Waals surface area contributed by atoms with E-state index in [2.05, 4.69) is 61.4 Å². The van der Waals surface area contributed by atoms with Crippen molar-refractivity contribution in [1.82, 2.24) is 9.88 Å². The highest BCUT2D eigenvalue weighted by molar-refractivity contribution is 5.89. The maximum Gasteiger partial charge on any atom is 0.321 e. The van der Waals surface area contributed by atoms with Crippen LogP contribution in [0.5, 0.6) is 5.75 Å². The number of piperidine rings is 1. The first-order valence-electron chi connectivity index (χ1n) is 12.2. The first-order chi connectivity index (χ1) is 15.8. The fourth-order valence-electron chi connectivity index (χ4n) is 4.77. The summed E-state index contributed by atoms with van der Waals surface area (Å²) in [6, 6.07) is 12.2. The number of rotatable bonds is 4. The van der Waals surface area contributed by atoms with E-state index in [-0.39, 0.29) is 6.03 Å². The Labute approximate surface area is 198 Å². The number of nitrogens with zero attached hydrogens (tertiary/aromatic N) is 2. The normalized spacial score (nSPS) is 22.2. The van der Waals surface area contributed by atoms with Crippen molar-refractivity contribution in [3.05, 3.63) is 59.4 Å². The van der Waals surface area contributed by atoms with Crippen LogP contribution < -0.4 is 10.1 Å². The molecule has 2 aromatic rings. The highest BCUT2D eigenvalue weighted by Gasteiger charge is 2.28. The summed E-state index contributed by atoms with van der Waals surface area (Å²) in [5.74, 6) is 1.27. The summed E-state index contributed by atoms with van der Waals surface area (Å²) in [6.07, 6.45) is 9.90. The van der Waals surface area contributed by atoms with Gasteiger partial charge in [-0.15, -0.1) is 0 Å². The molecule has 176 valence electrons. The minimum absolute atomic E-state index is 0.0578.